The van der Waals surface area contributed by atoms with E-state index in [1.165, 1.54) is 70.6 Å². The molecule has 0 aliphatic carbocycles. The quantitative estimate of drug-likeness (QED) is 0.0234. The maximum absolute atomic E-state index is 12.4. The minimum Gasteiger partial charge on any atom is -0.457 e. The average Bonchev–Trinajstić information content (AvgIpc) is 3.24. The van der Waals surface area contributed by atoms with Gasteiger partial charge in [0.2, 0.25) is 0 Å². The molecule has 0 radical (unpaired) electrons. The van der Waals surface area contributed by atoms with Gasteiger partial charge in [0.25, 0.3) is 0 Å². The second kappa shape index (κ2) is 44.2. The maximum Gasteiger partial charge on any atom is 0.472 e. The number of allylic oxidation sites excluding steroid dienone is 14. The Balaban J connectivity index is 4.01. The topological polar surface area (TPSA) is 149 Å². The molecule has 0 spiro atoms. The predicted octanol–water partition coefficient (Wildman–Crippen LogP) is 12.6. The first-order chi connectivity index (χ1) is 29.3. The minimum atomic E-state index is -4.67. The zero-order chi connectivity index (χ0) is 44.0. The summed E-state index contributed by atoms with van der Waals surface area (Å²) in [7, 11) is -4.67. The number of aliphatic hydroxyl groups excluding tert-OH is 2. The molecule has 0 fully saturated rings. The first kappa shape index (κ1) is 57.1. The van der Waals surface area contributed by atoms with Crippen LogP contribution in [0, 0.1) is 0 Å². The number of aliphatic hydroxyl groups is 2. The molecule has 3 atom stereocenters. The zero-order valence-corrected chi connectivity index (χ0v) is 38.3. The smallest absolute Gasteiger partial charge is 0.457 e. The van der Waals surface area contributed by atoms with Crippen LogP contribution in [0.5, 0.6) is 0 Å². The number of phosphoric acid groups is 1. The lowest BCUT2D eigenvalue weighted by atomic mass is 10.1. The van der Waals surface area contributed by atoms with Crippen molar-refractivity contribution >= 4 is 19.8 Å². The van der Waals surface area contributed by atoms with Gasteiger partial charge in [0.15, 0.2) is 0 Å². The van der Waals surface area contributed by atoms with Crippen LogP contribution >= 0.6 is 7.82 Å². The van der Waals surface area contributed by atoms with E-state index in [2.05, 4.69) is 86.8 Å². The third kappa shape index (κ3) is 41.9. The summed E-state index contributed by atoms with van der Waals surface area (Å²) in [6.45, 7) is 2.00. The Bertz CT molecular complexity index is 1270. The van der Waals surface area contributed by atoms with Crippen molar-refractivity contribution in [2.24, 2.45) is 0 Å². The Morgan fingerprint density at radius 1 is 0.467 bits per heavy atom. The lowest BCUT2D eigenvalue weighted by Gasteiger charge is -2.20. The maximum atomic E-state index is 12.4. The molecule has 344 valence electrons. The summed E-state index contributed by atoms with van der Waals surface area (Å²) in [5.41, 5.74) is 0. The Morgan fingerprint density at radius 3 is 1.23 bits per heavy atom. The Hall–Kier alpha value is -2.85. The lowest BCUT2D eigenvalue weighted by molar-refractivity contribution is -0.153. The van der Waals surface area contributed by atoms with Crippen molar-refractivity contribution in [2.45, 2.75) is 187 Å². The lowest BCUT2D eigenvalue weighted by Crippen LogP contribution is -2.28. The van der Waals surface area contributed by atoms with E-state index in [1.807, 2.05) is 12.2 Å². The second-order valence-corrected chi connectivity index (χ2v) is 16.5. The van der Waals surface area contributed by atoms with E-state index in [1.54, 1.807) is 0 Å². The van der Waals surface area contributed by atoms with Crippen LogP contribution in [-0.2, 0) is 32.7 Å². The summed E-state index contributed by atoms with van der Waals surface area (Å²) in [5.74, 6) is -1.11. The highest BCUT2D eigenvalue weighted by Gasteiger charge is 2.27. The van der Waals surface area contributed by atoms with Gasteiger partial charge in [0, 0.05) is 12.8 Å². The molecule has 3 unspecified atom stereocenters. The number of esters is 2. The monoisotopic (exact) mass is 863 g/mol. The van der Waals surface area contributed by atoms with E-state index in [4.69, 9.17) is 18.5 Å². The van der Waals surface area contributed by atoms with Gasteiger partial charge in [-0.2, -0.15) is 0 Å². The number of hydrogen-bond donors (Lipinski definition) is 3. The van der Waals surface area contributed by atoms with Gasteiger partial charge in [0.1, 0.15) is 12.2 Å². The molecule has 3 N–H and O–H groups in total. The van der Waals surface area contributed by atoms with Gasteiger partial charge in [0.05, 0.1) is 26.4 Å². The van der Waals surface area contributed by atoms with Crippen LogP contribution in [0.1, 0.15) is 174 Å². The molecule has 0 aliphatic heterocycles. The van der Waals surface area contributed by atoms with E-state index in [0.717, 1.165) is 64.2 Å². The van der Waals surface area contributed by atoms with E-state index < -0.39 is 58.4 Å². The van der Waals surface area contributed by atoms with E-state index in [9.17, 15) is 29.3 Å². The van der Waals surface area contributed by atoms with E-state index in [-0.39, 0.29) is 12.8 Å². The van der Waals surface area contributed by atoms with Gasteiger partial charge in [-0.15, -0.1) is 0 Å². The minimum absolute atomic E-state index is 0.0625. The summed E-state index contributed by atoms with van der Waals surface area (Å²) < 4.78 is 32.5. The van der Waals surface area contributed by atoms with Crippen molar-refractivity contribution < 1.29 is 47.8 Å². The molecule has 0 saturated heterocycles. The molecule has 0 aromatic carbocycles. The van der Waals surface area contributed by atoms with E-state index in [0.29, 0.717) is 12.8 Å². The molecule has 0 saturated carbocycles. The number of phosphoric ester groups is 1. The predicted molar refractivity (Wildman–Crippen MR) is 246 cm³/mol. The van der Waals surface area contributed by atoms with Gasteiger partial charge in [-0.1, -0.05) is 170 Å². The van der Waals surface area contributed by atoms with Gasteiger partial charge in [-0.3, -0.25) is 18.6 Å². The molecule has 60 heavy (non-hydrogen) atoms. The molecule has 10 nitrogen and oxygen atoms in total. The molecule has 0 aliphatic rings. The third-order valence-corrected chi connectivity index (χ3v) is 10.3. The number of carbonyl (C=O) groups is 2. The first-order valence-corrected chi connectivity index (χ1v) is 24.5. The van der Waals surface area contributed by atoms with Crippen LogP contribution in [0.2, 0.25) is 0 Å². The molecular weight excluding hydrogens is 780 g/mol. The molecule has 0 rings (SSSR count). The first-order valence-electron chi connectivity index (χ1n) is 23.0. The SMILES string of the molecule is CC/C=C\C/C=C\C/C=C\C/C=C\C/C=C\C/C=C\CCC(=O)OC(CO)COP(=O)(O)OCC(CO)OC(=O)CCCCCCCCC/C=C\CCCCCCCCC. The fourth-order valence-corrected chi connectivity index (χ4v) is 6.62. The van der Waals surface area contributed by atoms with Gasteiger partial charge in [-0.05, 0) is 77.0 Å². The average molecular weight is 863 g/mol. The summed E-state index contributed by atoms with van der Waals surface area (Å²) >= 11 is 0. The van der Waals surface area contributed by atoms with Crippen molar-refractivity contribution in [3.63, 3.8) is 0 Å². The largest absolute Gasteiger partial charge is 0.472 e. The van der Waals surface area contributed by atoms with Crippen molar-refractivity contribution in [1.82, 2.24) is 0 Å². The summed E-state index contributed by atoms with van der Waals surface area (Å²) in [4.78, 5) is 34.5. The van der Waals surface area contributed by atoms with E-state index >= 15 is 0 Å². The molecular formula is C49H83O10P. The Kier molecular flexibility index (Phi) is 42.1. The molecule has 0 aromatic heterocycles. The van der Waals surface area contributed by atoms with Crippen molar-refractivity contribution in [3.05, 3.63) is 85.1 Å². The Labute approximate surface area is 364 Å². The Morgan fingerprint density at radius 2 is 0.817 bits per heavy atom. The normalized spacial score (nSPS) is 14.6. The molecule has 0 amide bonds. The zero-order valence-electron chi connectivity index (χ0n) is 37.4. The van der Waals surface area contributed by atoms with Gasteiger partial charge in [-0.25, -0.2) is 4.57 Å². The summed E-state index contributed by atoms with van der Waals surface area (Å²) in [5, 5.41) is 19.2. The fraction of sp³-hybridized carbons (Fsp3) is 0.673. The standard InChI is InChI=1S/C49H83O10P/c1-3-5-7-9-11-13-15-17-19-21-23-25-27-29-31-33-35-37-39-41-49(53)59-47(43-51)45-57-60(54,55)56-44-46(42-50)58-48(52)40-38-36-34-32-30-28-26-24-22-20-18-16-14-12-10-8-6-4-2/h5,7,11,13,17,19-20,22-23,25,29,31,35,37,46-47,50-51H,3-4,6,8-10,12,14-16,18,21,24,26-28,30,32-34,36,38-45H2,1-2H3,(H,54,55)/b7-5-,13-11-,19-17-,22-20-,25-23-,31-29-,37-35-. The fourth-order valence-electron chi connectivity index (χ4n) is 5.84. The summed E-state index contributed by atoms with van der Waals surface area (Å²) in [6, 6.07) is 0. The second-order valence-electron chi connectivity index (χ2n) is 15.0. The van der Waals surface area contributed by atoms with Crippen molar-refractivity contribution in [3.8, 4) is 0 Å². The van der Waals surface area contributed by atoms with Gasteiger partial charge < -0.3 is 24.6 Å². The van der Waals surface area contributed by atoms with Crippen LogP contribution in [0.25, 0.3) is 0 Å². The summed E-state index contributed by atoms with van der Waals surface area (Å²) in [6.07, 6.45) is 52.8. The molecule has 0 heterocycles. The number of unbranched alkanes of at least 4 members (excludes halogenated alkanes) is 14. The highest BCUT2D eigenvalue weighted by molar-refractivity contribution is 7.47. The molecule has 0 aromatic rings. The van der Waals surface area contributed by atoms with Crippen molar-refractivity contribution in [1.29, 1.82) is 0 Å². The van der Waals surface area contributed by atoms with Crippen molar-refractivity contribution in [2.75, 3.05) is 26.4 Å². The number of hydrogen-bond acceptors (Lipinski definition) is 9. The highest BCUT2D eigenvalue weighted by atomic mass is 31.2. The van der Waals surface area contributed by atoms with Crippen LogP contribution in [0.15, 0.2) is 85.1 Å². The van der Waals surface area contributed by atoms with Gasteiger partial charge >= 0.3 is 19.8 Å². The van der Waals surface area contributed by atoms with Crippen LogP contribution < -0.4 is 0 Å². The number of carbonyl (C=O) groups excluding carboxylic acids is 2. The molecule has 11 heteroatoms. The third-order valence-electron chi connectivity index (χ3n) is 9.36. The van der Waals surface area contributed by atoms with Crippen LogP contribution in [0.3, 0.4) is 0 Å². The van der Waals surface area contributed by atoms with Crippen LogP contribution in [-0.4, -0.2) is 65.7 Å². The highest BCUT2D eigenvalue weighted by Crippen LogP contribution is 2.43. The number of ether oxygens (including phenoxy) is 2. The number of rotatable bonds is 42. The van der Waals surface area contributed by atoms with Crippen LogP contribution in [0.4, 0.5) is 0 Å². The molecule has 0 bridgehead atoms.